The molecule has 3 aliphatic rings. The van der Waals surface area contributed by atoms with Gasteiger partial charge < -0.3 is 33.7 Å². The average molecular weight is 635 g/mol. The number of alkyl carbamates (subject to hydrolysis) is 1. The number of rotatable bonds is 5. The Morgan fingerprint density at radius 1 is 1.27 bits per heavy atom. The highest BCUT2D eigenvalue weighted by molar-refractivity contribution is 6.35. The second-order valence-corrected chi connectivity index (χ2v) is 12.4. The zero-order valence-electron chi connectivity index (χ0n) is 26.3. The van der Waals surface area contributed by atoms with Crippen LogP contribution in [-0.4, -0.2) is 80.1 Å². The molecule has 242 valence electrons. The zero-order chi connectivity index (χ0) is 32.4. The molecule has 4 bridgehead atoms. The number of carbonyl (C=O) groups excluding carboxylic acids is 3. The van der Waals surface area contributed by atoms with Gasteiger partial charge in [-0.05, 0) is 44.4 Å². The summed E-state index contributed by atoms with van der Waals surface area (Å²) >= 11 is 6.68. The molecule has 12 heteroatoms. The molecule has 2 amide bonds. The van der Waals surface area contributed by atoms with Crippen molar-refractivity contribution in [1.29, 1.82) is 0 Å². The van der Waals surface area contributed by atoms with Gasteiger partial charge in [-0.2, -0.15) is 0 Å². The van der Waals surface area contributed by atoms with Crippen molar-refractivity contribution in [1.82, 2.24) is 5.32 Å². The molecule has 7 unspecified atom stereocenters. The molecule has 3 heterocycles. The molecule has 7 atom stereocenters. The van der Waals surface area contributed by atoms with Crippen LogP contribution in [-0.2, 0) is 35.0 Å². The number of methoxy groups -OCH3 is 2. The van der Waals surface area contributed by atoms with Crippen LogP contribution in [0.15, 0.2) is 35.9 Å². The fourth-order valence-corrected chi connectivity index (χ4v) is 6.34. The maximum absolute atomic E-state index is 13.8. The first-order valence-electron chi connectivity index (χ1n) is 14.8. The quantitative estimate of drug-likeness (QED) is 0.355. The Hall–Kier alpha value is -3.12. The molecule has 0 aliphatic carbocycles. The van der Waals surface area contributed by atoms with E-state index < -0.39 is 53.7 Å². The Labute approximate surface area is 263 Å². The summed E-state index contributed by atoms with van der Waals surface area (Å²) in [5, 5.41) is 14.4. The topological polar surface area (TPSA) is 136 Å². The van der Waals surface area contributed by atoms with Crippen molar-refractivity contribution in [3.05, 3.63) is 46.5 Å². The number of carbonyl (C=O) groups is 3. The van der Waals surface area contributed by atoms with Crippen molar-refractivity contribution in [2.45, 2.75) is 95.5 Å². The van der Waals surface area contributed by atoms with Gasteiger partial charge in [0.05, 0.1) is 25.3 Å². The third-order valence-corrected chi connectivity index (χ3v) is 9.06. The predicted octanol–water partition coefficient (Wildman–Crippen LogP) is 4.47. The average Bonchev–Trinajstić information content (AvgIpc) is 3.66. The molecule has 0 aromatic heterocycles. The lowest BCUT2D eigenvalue weighted by atomic mass is 9.83. The number of benzene rings is 1. The van der Waals surface area contributed by atoms with E-state index >= 15 is 0 Å². The number of ether oxygens (including phenoxy) is 5. The highest BCUT2D eigenvalue weighted by Crippen LogP contribution is 2.49. The molecule has 1 aromatic carbocycles. The van der Waals surface area contributed by atoms with Gasteiger partial charge in [-0.1, -0.05) is 49.2 Å². The van der Waals surface area contributed by atoms with E-state index in [0.29, 0.717) is 24.3 Å². The first kappa shape index (κ1) is 33.8. The van der Waals surface area contributed by atoms with E-state index in [1.807, 2.05) is 39.0 Å². The molecule has 2 N–H and O–H groups in total. The third-order valence-electron chi connectivity index (χ3n) is 8.68. The van der Waals surface area contributed by atoms with Gasteiger partial charge in [0.1, 0.15) is 34.7 Å². The molecular formula is C32H43ClN2O9. The van der Waals surface area contributed by atoms with E-state index in [0.717, 1.165) is 11.1 Å². The number of amides is 2. The van der Waals surface area contributed by atoms with Crippen LogP contribution in [0.1, 0.15) is 58.9 Å². The fourth-order valence-electron chi connectivity index (χ4n) is 6.03. The van der Waals surface area contributed by atoms with Crippen LogP contribution in [0, 0.1) is 5.92 Å². The zero-order valence-corrected chi connectivity index (χ0v) is 27.1. The van der Waals surface area contributed by atoms with Crippen LogP contribution in [0.5, 0.6) is 5.75 Å². The highest BCUT2D eigenvalue weighted by Gasteiger charge is 2.64. The van der Waals surface area contributed by atoms with Gasteiger partial charge in [0.2, 0.25) is 5.91 Å². The number of epoxide rings is 1. The number of allylic oxidation sites excluding steroid dienone is 3. The Bertz CT molecular complexity index is 1330. The molecule has 4 rings (SSSR count). The standard InChI is InChI=1S/C32H43ClN2O9/c1-8-10-27(37)43-25-16-26(36)35(5)21-14-20(15-22(40-6)28(21)33)13-18(2)11-9-12-24(41-7)32(39)17-23(42-30(38)34-32)19(3)29-31(25,4)44-29/h9,11-12,14-15,19,23-25,29,39H,8,10,13,16-17H2,1-7H3,(H,34,38)/b12-9-,18-11-. The van der Waals surface area contributed by atoms with Gasteiger partial charge in [0.15, 0.2) is 5.72 Å². The molecular weight excluding hydrogens is 592 g/mol. The second kappa shape index (κ2) is 13.5. The lowest BCUT2D eigenvalue weighted by Crippen LogP contribution is -2.63. The third kappa shape index (κ3) is 7.06. The second-order valence-electron chi connectivity index (χ2n) is 12.0. The summed E-state index contributed by atoms with van der Waals surface area (Å²) in [5.41, 5.74) is -0.561. The van der Waals surface area contributed by atoms with Crippen molar-refractivity contribution in [3.63, 3.8) is 0 Å². The van der Waals surface area contributed by atoms with Crippen LogP contribution in [0.4, 0.5) is 10.5 Å². The molecule has 0 radical (unpaired) electrons. The highest BCUT2D eigenvalue weighted by atomic mass is 35.5. The summed E-state index contributed by atoms with van der Waals surface area (Å²) in [6, 6.07) is 3.64. The minimum atomic E-state index is -1.76. The molecule has 11 nitrogen and oxygen atoms in total. The fraction of sp³-hybridized carbons (Fsp3) is 0.594. The summed E-state index contributed by atoms with van der Waals surface area (Å²) in [6.45, 7) is 7.41. The molecule has 44 heavy (non-hydrogen) atoms. The van der Waals surface area contributed by atoms with E-state index in [9.17, 15) is 19.5 Å². The summed E-state index contributed by atoms with van der Waals surface area (Å²) in [7, 11) is 4.57. The molecule has 3 aliphatic heterocycles. The van der Waals surface area contributed by atoms with E-state index in [1.165, 1.54) is 19.1 Å². The lowest BCUT2D eigenvalue weighted by Gasteiger charge is -2.42. The Morgan fingerprint density at radius 2 is 2.00 bits per heavy atom. The van der Waals surface area contributed by atoms with Crippen molar-refractivity contribution in [2.24, 2.45) is 5.92 Å². The first-order chi connectivity index (χ1) is 20.8. The minimum absolute atomic E-state index is 0.00742. The number of fused-ring (bicyclic) bond motifs is 5. The van der Waals surface area contributed by atoms with Crippen LogP contribution in [0.3, 0.4) is 0 Å². The normalized spacial score (nSPS) is 34.5. The van der Waals surface area contributed by atoms with Crippen molar-refractivity contribution < 1.29 is 43.2 Å². The maximum atomic E-state index is 13.8. The van der Waals surface area contributed by atoms with Crippen LogP contribution < -0.4 is 15.0 Å². The van der Waals surface area contributed by atoms with Gasteiger partial charge >= 0.3 is 12.1 Å². The van der Waals surface area contributed by atoms with E-state index in [1.54, 1.807) is 26.1 Å². The Morgan fingerprint density at radius 3 is 2.66 bits per heavy atom. The number of aliphatic hydroxyl groups is 1. The Kier molecular flexibility index (Phi) is 10.3. The van der Waals surface area contributed by atoms with Crippen LogP contribution in [0.25, 0.3) is 0 Å². The number of nitrogens with zero attached hydrogens (tertiary/aromatic N) is 1. The molecule has 0 saturated carbocycles. The number of hydrogen-bond donors (Lipinski definition) is 2. The number of esters is 1. The number of nitrogens with one attached hydrogen (secondary N) is 1. The maximum Gasteiger partial charge on any atom is 0.409 e. The van der Waals surface area contributed by atoms with Crippen molar-refractivity contribution >= 4 is 35.3 Å². The van der Waals surface area contributed by atoms with E-state index in [2.05, 4.69) is 5.32 Å². The molecule has 1 aromatic rings. The monoisotopic (exact) mass is 634 g/mol. The van der Waals surface area contributed by atoms with Crippen molar-refractivity contribution in [2.75, 3.05) is 26.2 Å². The van der Waals surface area contributed by atoms with Gasteiger partial charge in [0.25, 0.3) is 0 Å². The van der Waals surface area contributed by atoms with E-state index in [-0.39, 0.29) is 30.2 Å². The van der Waals surface area contributed by atoms with Gasteiger partial charge in [-0.3, -0.25) is 14.9 Å². The van der Waals surface area contributed by atoms with Gasteiger partial charge in [0, 0.05) is 32.9 Å². The molecule has 2 saturated heterocycles. The lowest BCUT2D eigenvalue weighted by molar-refractivity contribution is -0.153. The van der Waals surface area contributed by atoms with Crippen molar-refractivity contribution in [3.8, 4) is 5.75 Å². The SMILES string of the molecule is CCCC(=O)OC1CC(=O)N(C)c2cc(cc(OC)c2Cl)C/C(C)=C\C=C/C(OC)C2(O)CC(OC(=O)N2)C(C)C2OC12C. The van der Waals surface area contributed by atoms with Gasteiger partial charge in [-0.15, -0.1) is 0 Å². The van der Waals surface area contributed by atoms with E-state index in [4.69, 9.17) is 35.3 Å². The predicted molar refractivity (Wildman–Crippen MR) is 164 cm³/mol. The Balaban J connectivity index is 1.79. The smallest absolute Gasteiger partial charge is 0.409 e. The number of hydrogen-bond acceptors (Lipinski definition) is 9. The van der Waals surface area contributed by atoms with Gasteiger partial charge in [-0.25, -0.2) is 4.79 Å². The summed E-state index contributed by atoms with van der Waals surface area (Å²) < 4.78 is 28.8. The molecule has 0 spiro atoms. The molecule has 2 fully saturated rings. The summed E-state index contributed by atoms with van der Waals surface area (Å²) in [6.07, 6.45) is 2.47. The number of anilines is 1. The number of halogens is 1. The largest absolute Gasteiger partial charge is 0.495 e. The minimum Gasteiger partial charge on any atom is -0.495 e. The first-order valence-corrected chi connectivity index (χ1v) is 15.2. The van der Waals surface area contributed by atoms with Crippen LogP contribution in [0.2, 0.25) is 5.02 Å². The summed E-state index contributed by atoms with van der Waals surface area (Å²) in [5.74, 6) is -0.813. The van der Waals surface area contributed by atoms with Crippen LogP contribution >= 0.6 is 11.6 Å². The summed E-state index contributed by atoms with van der Waals surface area (Å²) in [4.78, 5) is 40.6.